The Morgan fingerprint density at radius 1 is 0.264 bits per heavy atom. The Morgan fingerprint density at radius 3 is 0.670 bits per heavy atom. The molecule has 2 atom stereocenters. The SMILES string of the molecule is CCCCCCCCCCCCCCCCCCCCC(O)C(CO)NC(=O)CCCCCCCCCCCCCCCCCCCCCCCCCCCCCCCCCCCCCCCCCOC(=O)CCCCCCCCCCCCCCCCCCC. The Kier molecular flexibility index (Phi) is 80.3. The Balaban J connectivity index is 3.27. The fourth-order valence-electron chi connectivity index (χ4n) is 14.2. The molecule has 0 aliphatic carbocycles. The summed E-state index contributed by atoms with van der Waals surface area (Å²) in [5, 5.41) is 23.4. The maximum Gasteiger partial charge on any atom is 0.305 e. The second-order valence-electron chi connectivity index (χ2n) is 29.9. The molecule has 0 aromatic heterocycles. The van der Waals surface area contributed by atoms with Gasteiger partial charge in [0.05, 0.1) is 25.4 Å². The van der Waals surface area contributed by atoms with Crippen molar-refractivity contribution in [2.45, 2.75) is 520 Å². The average Bonchev–Trinajstić information content (AvgIpc) is 3.73. The lowest BCUT2D eigenvalue weighted by atomic mass is 10.0. The molecule has 0 aliphatic heterocycles. The number of rotatable bonds is 82. The minimum atomic E-state index is -0.659. The monoisotopic (exact) mass is 1280 g/mol. The molecular formula is C85H169NO5. The topological polar surface area (TPSA) is 95.9 Å². The summed E-state index contributed by atoms with van der Waals surface area (Å²) in [5.41, 5.74) is 0. The van der Waals surface area contributed by atoms with Crippen LogP contribution in [0.5, 0.6) is 0 Å². The van der Waals surface area contributed by atoms with Gasteiger partial charge in [0, 0.05) is 12.8 Å². The van der Waals surface area contributed by atoms with Gasteiger partial charge in [-0.1, -0.05) is 470 Å². The predicted octanol–water partition coefficient (Wildman–Crippen LogP) is 28.4. The number of hydrogen-bond donors (Lipinski definition) is 3. The van der Waals surface area contributed by atoms with Crippen molar-refractivity contribution in [2.75, 3.05) is 13.2 Å². The zero-order valence-corrected chi connectivity index (χ0v) is 62.6. The van der Waals surface area contributed by atoms with E-state index in [0.717, 1.165) is 38.5 Å². The van der Waals surface area contributed by atoms with Crippen LogP contribution in [0.3, 0.4) is 0 Å². The molecule has 0 saturated heterocycles. The van der Waals surface area contributed by atoms with E-state index in [-0.39, 0.29) is 18.5 Å². The molecule has 6 nitrogen and oxygen atoms in total. The van der Waals surface area contributed by atoms with Crippen LogP contribution in [0.15, 0.2) is 0 Å². The molecule has 1 amide bonds. The van der Waals surface area contributed by atoms with Crippen molar-refractivity contribution in [3.05, 3.63) is 0 Å². The Labute approximate surface area is 572 Å². The molecule has 0 spiro atoms. The highest BCUT2D eigenvalue weighted by Gasteiger charge is 2.20. The first-order valence-corrected chi connectivity index (χ1v) is 42.8. The van der Waals surface area contributed by atoms with Crippen molar-refractivity contribution < 1.29 is 24.5 Å². The van der Waals surface area contributed by atoms with Gasteiger partial charge < -0.3 is 20.3 Å². The molecule has 3 N–H and O–H groups in total. The lowest BCUT2D eigenvalue weighted by molar-refractivity contribution is -0.143. The Hall–Kier alpha value is -1.14. The lowest BCUT2D eigenvalue weighted by Gasteiger charge is -2.22. The summed E-state index contributed by atoms with van der Waals surface area (Å²) in [4.78, 5) is 24.7. The van der Waals surface area contributed by atoms with Gasteiger partial charge in [-0.3, -0.25) is 9.59 Å². The zero-order valence-electron chi connectivity index (χ0n) is 62.6. The first-order chi connectivity index (χ1) is 45.0. The van der Waals surface area contributed by atoms with Crippen LogP contribution in [-0.2, 0) is 14.3 Å². The van der Waals surface area contributed by atoms with Crippen molar-refractivity contribution >= 4 is 11.9 Å². The van der Waals surface area contributed by atoms with Crippen LogP contribution in [0.25, 0.3) is 0 Å². The number of esters is 1. The summed E-state index contributed by atoms with van der Waals surface area (Å²) in [7, 11) is 0. The first kappa shape index (κ1) is 89.9. The van der Waals surface area contributed by atoms with Crippen molar-refractivity contribution in [3.63, 3.8) is 0 Å². The van der Waals surface area contributed by atoms with Crippen LogP contribution in [0.1, 0.15) is 508 Å². The number of aliphatic hydroxyl groups is 2. The number of nitrogens with one attached hydrogen (secondary N) is 1. The van der Waals surface area contributed by atoms with Gasteiger partial charge in [0.15, 0.2) is 0 Å². The van der Waals surface area contributed by atoms with Gasteiger partial charge in [0.2, 0.25) is 5.91 Å². The molecule has 91 heavy (non-hydrogen) atoms. The second-order valence-corrected chi connectivity index (χ2v) is 29.9. The van der Waals surface area contributed by atoms with Gasteiger partial charge in [0.25, 0.3) is 0 Å². The Bertz CT molecular complexity index is 1340. The number of carbonyl (C=O) groups is 2. The van der Waals surface area contributed by atoms with Gasteiger partial charge >= 0.3 is 5.97 Å². The van der Waals surface area contributed by atoms with Gasteiger partial charge in [-0.2, -0.15) is 0 Å². The fraction of sp³-hybridized carbons (Fsp3) is 0.976. The van der Waals surface area contributed by atoms with E-state index in [2.05, 4.69) is 19.2 Å². The largest absolute Gasteiger partial charge is 0.466 e. The van der Waals surface area contributed by atoms with Crippen LogP contribution in [0.2, 0.25) is 0 Å². The van der Waals surface area contributed by atoms with E-state index in [4.69, 9.17) is 4.74 Å². The first-order valence-electron chi connectivity index (χ1n) is 42.8. The highest BCUT2D eigenvalue weighted by molar-refractivity contribution is 5.76. The van der Waals surface area contributed by atoms with Crippen LogP contribution in [0, 0.1) is 0 Å². The molecule has 0 heterocycles. The number of carbonyl (C=O) groups excluding carboxylic acids is 2. The summed E-state index contributed by atoms with van der Waals surface area (Å²) < 4.78 is 5.52. The molecular weight excluding hydrogens is 1110 g/mol. The van der Waals surface area contributed by atoms with Crippen LogP contribution in [0.4, 0.5) is 0 Å². The fourth-order valence-corrected chi connectivity index (χ4v) is 14.2. The van der Waals surface area contributed by atoms with E-state index in [1.807, 2.05) is 0 Å². The summed E-state index contributed by atoms with van der Waals surface area (Å²) in [6, 6.07) is -0.536. The predicted molar refractivity (Wildman–Crippen MR) is 403 cm³/mol. The molecule has 2 unspecified atom stereocenters. The van der Waals surface area contributed by atoms with Gasteiger partial charge in [-0.05, 0) is 25.7 Å². The lowest BCUT2D eigenvalue weighted by Crippen LogP contribution is -2.45. The van der Waals surface area contributed by atoms with E-state index in [9.17, 15) is 19.8 Å². The number of unbranched alkanes of at least 4 members (excludes halogenated alkanes) is 71. The smallest absolute Gasteiger partial charge is 0.305 e. The van der Waals surface area contributed by atoms with E-state index < -0.39 is 12.1 Å². The minimum Gasteiger partial charge on any atom is -0.466 e. The summed E-state index contributed by atoms with van der Waals surface area (Å²) in [5.74, 6) is 0.00638. The molecule has 6 heteroatoms. The van der Waals surface area contributed by atoms with Crippen molar-refractivity contribution in [1.29, 1.82) is 0 Å². The number of hydrogen-bond acceptors (Lipinski definition) is 5. The van der Waals surface area contributed by atoms with Gasteiger partial charge in [-0.15, -0.1) is 0 Å². The maximum atomic E-state index is 12.6. The maximum absolute atomic E-state index is 12.6. The van der Waals surface area contributed by atoms with Crippen molar-refractivity contribution in [2.24, 2.45) is 0 Å². The van der Waals surface area contributed by atoms with Crippen molar-refractivity contribution in [3.8, 4) is 0 Å². The third kappa shape index (κ3) is 77.7. The molecule has 0 aromatic carbocycles. The summed E-state index contributed by atoms with van der Waals surface area (Å²) in [6.07, 6.45) is 102. The van der Waals surface area contributed by atoms with E-state index >= 15 is 0 Å². The molecule has 0 radical (unpaired) electrons. The summed E-state index contributed by atoms with van der Waals surface area (Å²) in [6.45, 7) is 5.03. The molecule has 0 fully saturated rings. The molecule has 544 valence electrons. The number of amides is 1. The highest BCUT2D eigenvalue weighted by Crippen LogP contribution is 2.21. The number of aliphatic hydroxyl groups excluding tert-OH is 2. The molecule has 0 rings (SSSR count). The third-order valence-electron chi connectivity index (χ3n) is 20.7. The van der Waals surface area contributed by atoms with Gasteiger partial charge in [0.1, 0.15) is 0 Å². The molecule has 0 saturated carbocycles. The molecule has 0 bridgehead atoms. The van der Waals surface area contributed by atoms with E-state index in [1.54, 1.807) is 0 Å². The van der Waals surface area contributed by atoms with Crippen molar-refractivity contribution in [1.82, 2.24) is 5.32 Å². The second kappa shape index (κ2) is 81.3. The van der Waals surface area contributed by atoms with Crippen LogP contribution in [-0.4, -0.2) is 47.4 Å². The van der Waals surface area contributed by atoms with E-state index in [0.29, 0.717) is 25.9 Å². The van der Waals surface area contributed by atoms with Gasteiger partial charge in [-0.25, -0.2) is 0 Å². The highest BCUT2D eigenvalue weighted by atomic mass is 16.5. The van der Waals surface area contributed by atoms with Crippen LogP contribution < -0.4 is 5.32 Å². The summed E-state index contributed by atoms with van der Waals surface area (Å²) >= 11 is 0. The normalized spacial score (nSPS) is 12.4. The molecule has 0 aromatic rings. The minimum absolute atomic E-state index is 0.0232. The van der Waals surface area contributed by atoms with E-state index in [1.165, 1.54) is 437 Å². The Morgan fingerprint density at radius 2 is 0.451 bits per heavy atom. The quantitative estimate of drug-likeness (QED) is 0.0417. The standard InChI is InChI=1S/C85H169NO5/c1-3-5-7-9-11-13-15-17-19-21-46-49-53-57-61-65-69-73-77-83(88)82(81-87)86-84(89)78-74-70-66-62-58-54-50-47-43-41-39-37-35-33-31-29-27-25-23-22-24-26-28-30-32-34-36-38-40-42-44-48-52-56-60-64-68-72-76-80-91-85(90)79-75-71-67-63-59-55-51-45-20-18-16-14-12-10-8-6-4-2/h82-83,87-88H,3-81H2,1-2H3,(H,86,89). The average molecular weight is 1290 g/mol. The molecule has 0 aliphatic rings. The third-order valence-corrected chi connectivity index (χ3v) is 20.7. The number of ether oxygens (including phenoxy) is 1. The zero-order chi connectivity index (χ0) is 65.6. The van der Waals surface area contributed by atoms with Crippen LogP contribution >= 0.6 is 0 Å².